The summed E-state index contributed by atoms with van der Waals surface area (Å²) in [7, 11) is 0. The Balaban J connectivity index is 2.09. The van der Waals surface area contributed by atoms with Crippen molar-refractivity contribution in [2.75, 3.05) is 0 Å². The van der Waals surface area contributed by atoms with E-state index < -0.39 is 11.9 Å². The van der Waals surface area contributed by atoms with Crippen LogP contribution in [0, 0.1) is 11.8 Å². The molecular formula is C19H19O2-. The number of hydrogen-bond donors (Lipinski definition) is 0. The molecule has 0 aliphatic heterocycles. The van der Waals surface area contributed by atoms with Gasteiger partial charge in [0, 0.05) is 11.9 Å². The van der Waals surface area contributed by atoms with Gasteiger partial charge in [0.2, 0.25) is 0 Å². The van der Waals surface area contributed by atoms with Crippen molar-refractivity contribution in [3.8, 4) is 0 Å². The van der Waals surface area contributed by atoms with Crippen LogP contribution >= 0.6 is 0 Å². The number of carbonyl (C=O) groups excluding carboxylic acids is 1. The molecule has 21 heavy (non-hydrogen) atoms. The number of carbonyl (C=O) groups is 1. The monoisotopic (exact) mass is 279 g/mol. The molecule has 0 saturated heterocycles. The van der Waals surface area contributed by atoms with E-state index in [0.29, 0.717) is 0 Å². The van der Waals surface area contributed by atoms with E-state index in [1.807, 2.05) is 24.3 Å². The lowest BCUT2D eigenvalue weighted by Gasteiger charge is -2.38. The van der Waals surface area contributed by atoms with Gasteiger partial charge in [-0.2, -0.15) is 0 Å². The maximum Gasteiger partial charge on any atom is 0.0445 e. The van der Waals surface area contributed by atoms with Gasteiger partial charge in [0.15, 0.2) is 0 Å². The van der Waals surface area contributed by atoms with Gasteiger partial charge in [0.1, 0.15) is 0 Å². The second kappa shape index (κ2) is 5.72. The number of fused-ring (bicyclic) bond motifs is 1. The molecule has 0 heterocycles. The van der Waals surface area contributed by atoms with E-state index in [0.717, 1.165) is 12.8 Å². The smallest absolute Gasteiger partial charge is 0.0445 e. The van der Waals surface area contributed by atoms with E-state index in [2.05, 4.69) is 30.3 Å². The molecule has 0 fully saturated rings. The first-order chi connectivity index (χ1) is 10.2. The zero-order valence-corrected chi connectivity index (χ0v) is 12.2. The minimum absolute atomic E-state index is 0.0901. The van der Waals surface area contributed by atoms with Crippen molar-refractivity contribution in [1.29, 1.82) is 0 Å². The normalized spacial score (nSPS) is 22.3. The van der Waals surface area contributed by atoms with Crippen LogP contribution in [0.3, 0.4) is 0 Å². The molecule has 1 aliphatic carbocycles. The van der Waals surface area contributed by atoms with Gasteiger partial charge in [-0.05, 0) is 41.4 Å². The van der Waals surface area contributed by atoms with Gasteiger partial charge in [0.25, 0.3) is 0 Å². The average Bonchev–Trinajstić information content (AvgIpc) is 2.53. The van der Waals surface area contributed by atoms with Crippen LogP contribution in [0.1, 0.15) is 36.0 Å². The summed E-state index contributed by atoms with van der Waals surface area (Å²) < 4.78 is 0. The van der Waals surface area contributed by atoms with E-state index in [1.54, 1.807) is 6.92 Å². The molecule has 0 saturated carbocycles. The summed E-state index contributed by atoms with van der Waals surface area (Å²) in [4.78, 5) is 11.4. The molecule has 108 valence electrons. The van der Waals surface area contributed by atoms with E-state index in [-0.39, 0.29) is 11.8 Å². The highest BCUT2D eigenvalue weighted by Crippen LogP contribution is 2.43. The summed E-state index contributed by atoms with van der Waals surface area (Å²) in [5.74, 6) is -1.15. The highest BCUT2D eigenvalue weighted by atomic mass is 16.4. The lowest BCUT2D eigenvalue weighted by Crippen LogP contribution is -2.38. The largest absolute Gasteiger partial charge is 0.550 e. The van der Waals surface area contributed by atoms with Gasteiger partial charge in [-0.3, -0.25) is 0 Å². The standard InChI is InChI=1S/C19H20O2/c1-13(19(20)21)16-12-11-14-7-5-6-10-17(14)18(16)15-8-3-2-4-9-15/h2-10,13,16,18H,11-12H2,1H3,(H,20,21)/p-1. The van der Waals surface area contributed by atoms with Crippen LogP contribution in [0.25, 0.3) is 0 Å². The summed E-state index contributed by atoms with van der Waals surface area (Å²) in [6.45, 7) is 1.78. The van der Waals surface area contributed by atoms with Crippen LogP contribution in [0.15, 0.2) is 54.6 Å². The summed E-state index contributed by atoms with van der Waals surface area (Å²) in [5.41, 5.74) is 3.81. The van der Waals surface area contributed by atoms with E-state index in [9.17, 15) is 9.90 Å². The number of rotatable bonds is 3. The molecule has 2 aromatic carbocycles. The molecule has 0 radical (unpaired) electrons. The van der Waals surface area contributed by atoms with Crippen LogP contribution in [-0.2, 0) is 11.2 Å². The fraction of sp³-hybridized carbons (Fsp3) is 0.316. The Morgan fingerprint density at radius 2 is 1.76 bits per heavy atom. The molecule has 3 rings (SSSR count). The number of aliphatic carboxylic acids is 1. The van der Waals surface area contributed by atoms with Crippen molar-refractivity contribution in [2.45, 2.75) is 25.7 Å². The Kier molecular flexibility index (Phi) is 3.78. The minimum atomic E-state index is -0.944. The van der Waals surface area contributed by atoms with Crippen LogP contribution in [0.5, 0.6) is 0 Å². The van der Waals surface area contributed by atoms with Gasteiger partial charge in [-0.25, -0.2) is 0 Å². The summed E-state index contributed by atoms with van der Waals surface area (Å²) in [6.07, 6.45) is 1.84. The Hall–Kier alpha value is -2.09. The maximum absolute atomic E-state index is 11.4. The number of carboxylic acids is 1. The molecular weight excluding hydrogens is 260 g/mol. The van der Waals surface area contributed by atoms with E-state index in [1.165, 1.54) is 16.7 Å². The predicted octanol–water partition coefficient (Wildman–Crippen LogP) is 2.77. The zero-order valence-electron chi connectivity index (χ0n) is 12.2. The van der Waals surface area contributed by atoms with Crippen LogP contribution in [0.4, 0.5) is 0 Å². The molecule has 1 aliphatic rings. The van der Waals surface area contributed by atoms with Gasteiger partial charge in [-0.15, -0.1) is 0 Å². The first kappa shape index (κ1) is 13.9. The van der Waals surface area contributed by atoms with E-state index >= 15 is 0 Å². The van der Waals surface area contributed by atoms with Gasteiger partial charge < -0.3 is 9.90 Å². The second-order valence-electron chi connectivity index (χ2n) is 5.90. The van der Waals surface area contributed by atoms with Crippen LogP contribution < -0.4 is 5.11 Å². The van der Waals surface area contributed by atoms with Crippen LogP contribution in [0.2, 0.25) is 0 Å². The van der Waals surface area contributed by atoms with Gasteiger partial charge in [0.05, 0.1) is 0 Å². The molecule has 0 spiro atoms. The molecule has 0 N–H and O–H groups in total. The van der Waals surface area contributed by atoms with Crippen molar-refractivity contribution >= 4 is 5.97 Å². The van der Waals surface area contributed by atoms with Crippen molar-refractivity contribution in [3.63, 3.8) is 0 Å². The van der Waals surface area contributed by atoms with Gasteiger partial charge >= 0.3 is 0 Å². The molecule has 0 aromatic heterocycles. The summed E-state index contributed by atoms with van der Waals surface area (Å²) >= 11 is 0. The van der Waals surface area contributed by atoms with Crippen molar-refractivity contribution in [2.24, 2.45) is 11.8 Å². The van der Waals surface area contributed by atoms with Crippen molar-refractivity contribution in [3.05, 3.63) is 71.3 Å². The SMILES string of the molecule is CC(C(=O)[O-])C1CCc2ccccc2C1c1ccccc1. The third-order valence-corrected chi connectivity index (χ3v) is 4.74. The van der Waals surface area contributed by atoms with Crippen LogP contribution in [-0.4, -0.2) is 5.97 Å². The third-order valence-electron chi connectivity index (χ3n) is 4.74. The Morgan fingerprint density at radius 1 is 1.10 bits per heavy atom. The number of carboxylic acid groups (broad SMARTS) is 1. The average molecular weight is 279 g/mol. The fourth-order valence-corrected chi connectivity index (χ4v) is 3.59. The molecule has 0 bridgehead atoms. The fourth-order valence-electron chi connectivity index (χ4n) is 3.59. The van der Waals surface area contributed by atoms with Crippen molar-refractivity contribution in [1.82, 2.24) is 0 Å². The molecule has 2 heteroatoms. The number of benzene rings is 2. The second-order valence-corrected chi connectivity index (χ2v) is 5.90. The number of hydrogen-bond acceptors (Lipinski definition) is 2. The molecule has 3 atom stereocenters. The molecule has 2 nitrogen and oxygen atoms in total. The Morgan fingerprint density at radius 3 is 2.48 bits per heavy atom. The van der Waals surface area contributed by atoms with Gasteiger partial charge in [-0.1, -0.05) is 61.5 Å². The maximum atomic E-state index is 11.4. The van der Waals surface area contributed by atoms with Crippen molar-refractivity contribution < 1.29 is 9.90 Å². The first-order valence-corrected chi connectivity index (χ1v) is 7.52. The first-order valence-electron chi connectivity index (χ1n) is 7.52. The van der Waals surface area contributed by atoms with E-state index in [4.69, 9.17) is 0 Å². The molecule has 0 amide bonds. The minimum Gasteiger partial charge on any atom is -0.550 e. The topological polar surface area (TPSA) is 40.1 Å². The quantitative estimate of drug-likeness (QED) is 0.866. The third kappa shape index (κ3) is 2.58. The Bertz CT molecular complexity index is 633. The molecule has 2 aromatic rings. The lowest BCUT2D eigenvalue weighted by atomic mass is 9.67. The zero-order chi connectivity index (χ0) is 14.8. The predicted molar refractivity (Wildman–Crippen MR) is 80.7 cm³/mol. The Labute approximate surface area is 125 Å². The highest BCUT2D eigenvalue weighted by molar-refractivity contribution is 5.68. The lowest BCUT2D eigenvalue weighted by molar-refractivity contribution is -0.313. The highest BCUT2D eigenvalue weighted by Gasteiger charge is 2.34. The summed E-state index contributed by atoms with van der Waals surface area (Å²) in [5, 5.41) is 11.4. The number of aryl methyl sites for hydroxylation is 1. The molecule has 3 unspecified atom stereocenters. The summed E-state index contributed by atoms with van der Waals surface area (Å²) in [6, 6.07) is 18.6.